The van der Waals surface area contributed by atoms with Crippen molar-refractivity contribution in [2.45, 2.75) is 19.3 Å². The zero-order chi connectivity index (χ0) is 15.8. The molecule has 1 aliphatic carbocycles. The third-order valence-electron chi connectivity index (χ3n) is 5.14. The van der Waals surface area contributed by atoms with Crippen LogP contribution in [0.15, 0.2) is 59.1 Å². The van der Waals surface area contributed by atoms with Crippen molar-refractivity contribution in [2.24, 2.45) is 0 Å². The van der Waals surface area contributed by atoms with E-state index < -0.39 is 0 Å². The van der Waals surface area contributed by atoms with Gasteiger partial charge in [0.25, 0.3) is 0 Å². The number of halogens is 1. The SMILES string of the molecule is CC1(C)c2ccccc2-c2c1cc(Br)c1c2sc2ccccc21. The van der Waals surface area contributed by atoms with Gasteiger partial charge < -0.3 is 0 Å². The van der Waals surface area contributed by atoms with Crippen molar-refractivity contribution in [3.8, 4) is 11.1 Å². The summed E-state index contributed by atoms with van der Waals surface area (Å²) in [4.78, 5) is 0. The fraction of sp³-hybridized carbons (Fsp3) is 0.143. The second-order valence-electron chi connectivity index (χ2n) is 6.75. The summed E-state index contributed by atoms with van der Waals surface area (Å²) >= 11 is 5.77. The van der Waals surface area contributed by atoms with Gasteiger partial charge in [-0.1, -0.05) is 72.2 Å². The molecule has 0 saturated heterocycles. The Kier molecular flexibility index (Phi) is 2.67. The Morgan fingerprint density at radius 3 is 2.52 bits per heavy atom. The zero-order valence-corrected chi connectivity index (χ0v) is 15.4. The molecule has 5 rings (SSSR count). The van der Waals surface area contributed by atoms with Crippen LogP contribution in [0.1, 0.15) is 25.0 Å². The summed E-state index contributed by atoms with van der Waals surface area (Å²) in [7, 11) is 0. The van der Waals surface area contributed by atoms with Gasteiger partial charge in [-0.3, -0.25) is 0 Å². The smallest absolute Gasteiger partial charge is 0.0448 e. The van der Waals surface area contributed by atoms with Gasteiger partial charge in [0, 0.05) is 35.6 Å². The van der Waals surface area contributed by atoms with Crippen LogP contribution >= 0.6 is 27.3 Å². The van der Waals surface area contributed by atoms with Gasteiger partial charge in [-0.15, -0.1) is 11.3 Å². The molecule has 4 aromatic rings. The monoisotopic (exact) mass is 378 g/mol. The lowest BCUT2D eigenvalue weighted by Gasteiger charge is -2.21. The normalized spacial score (nSPS) is 15.1. The van der Waals surface area contributed by atoms with E-state index in [1.165, 1.54) is 46.9 Å². The average molecular weight is 379 g/mol. The first-order chi connectivity index (χ1) is 11.1. The summed E-state index contributed by atoms with van der Waals surface area (Å²) in [6.45, 7) is 4.67. The maximum atomic E-state index is 3.85. The van der Waals surface area contributed by atoms with Gasteiger partial charge in [0.15, 0.2) is 0 Å². The maximum Gasteiger partial charge on any atom is 0.0448 e. The van der Waals surface area contributed by atoms with E-state index >= 15 is 0 Å². The van der Waals surface area contributed by atoms with Crippen LogP contribution in [0, 0.1) is 0 Å². The van der Waals surface area contributed by atoms with Crippen molar-refractivity contribution in [2.75, 3.05) is 0 Å². The van der Waals surface area contributed by atoms with Gasteiger partial charge in [0.1, 0.15) is 0 Å². The summed E-state index contributed by atoms with van der Waals surface area (Å²) in [5, 5.41) is 2.71. The topological polar surface area (TPSA) is 0 Å². The molecule has 0 amide bonds. The third-order valence-corrected chi connectivity index (χ3v) is 6.96. The van der Waals surface area contributed by atoms with E-state index in [1.807, 2.05) is 11.3 Å². The standard InChI is InChI=1S/C21H15BrS/c1-21(2)14-9-5-3-7-12(14)18-15(21)11-16(22)19-13-8-4-6-10-17(13)23-20(18)19/h3-11H,1-2H3. The Hall–Kier alpha value is -1.64. The number of benzene rings is 3. The van der Waals surface area contributed by atoms with E-state index in [-0.39, 0.29) is 5.41 Å². The molecule has 2 heteroatoms. The molecule has 0 radical (unpaired) electrons. The van der Waals surface area contributed by atoms with E-state index in [4.69, 9.17) is 0 Å². The van der Waals surface area contributed by atoms with Crippen LogP contribution in [0.2, 0.25) is 0 Å². The van der Waals surface area contributed by atoms with Crippen LogP contribution in [0.4, 0.5) is 0 Å². The molecular formula is C21H15BrS. The van der Waals surface area contributed by atoms with Crippen LogP contribution in [0.25, 0.3) is 31.3 Å². The predicted octanol–water partition coefficient (Wildman–Crippen LogP) is 7.12. The quantitative estimate of drug-likeness (QED) is 0.305. The zero-order valence-electron chi connectivity index (χ0n) is 13.0. The largest absolute Gasteiger partial charge is 0.134 e. The van der Waals surface area contributed by atoms with Gasteiger partial charge in [-0.2, -0.15) is 0 Å². The van der Waals surface area contributed by atoms with Gasteiger partial charge in [-0.05, 0) is 28.8 Å². The molecule has 23 heavy (non-hydrogen) atoms. The van der Waals surface area contributed by atoms with E-state index in [0.717, 1.165) is 0 Å². The van der Waals surface area contributed by atoms with E-state index in [9.17, 15) is 0 Å². The van der Waals surface area contributed by atoms with Crippen LogP contribution in [0.5, 0.6) is 0 Å². The minimum absolute atomic E-state index is 0.0544. The molecule has 1 aromatic heterocycles. The Morgan fingerprint density at radius 2 is 1.65 bits per heavy atom. The molecule has 0 unspecified atom stereocenters. The number of rotatable bonds is 0. The first-order valence-electron chi connectivity index (χ1n) is 7.83. The Balaban J connectivity index is 2.05. The maximum absolute atomic E-state index is 3.85. The molecular weight excluding hydrogens is 364 g/mol. The average Bonchev–Trinajstić information content (AvgIpc) is 3.03. The molecule has 0 saturated carbocycles. The molecule has 3 aromatic carbocycles. The molecule has 0 N–H and O–H groups in total. The summed E-state index contributed by atoms with van der Waals surface area (Å²) in [6, 6.07) is 19.9. The first kappa shape index (κ1) is 13.8. The van der Waals surface area contributed by atoms with Crippen molar-refractivity contribution in [3.63, 3.8) is 0 Å². The molecule has 0 nitrogen and oxygen atoms in total. The third kappa shape index (κ3) is 1.66. The molecule has 0 bridgehead atoms. The summed E-state index contributed by atoms with van der Waals surface area (Å²) in [6.07, 6.45) is 0. The number of hydrogen-bond donors (Lipinski definition) is 0. The van der Waals surface area contributed by atoms with Crippen LogP contribution in [-0.2, 0) is 5.41 Å². The highest BCUT2D eigenvalue weighted by atomic mass is 79.9. The predicted molar refractivity (Wildman–Crippen MR) is 105 cm³/mol. The second kappa shape index (κ2) is 4.46. The molecule has 1 heterocycles. The van der Waals surface area contributed by atoms with Crippen molar-refractivity contribution in [1.82, 2.24) is 0 Å². The summed E-state index contributed by atoms with van der Waals surface area (Å²) in [5.74, 6) is 0. The number of fused-ring (bicyclic) bond motifs is 7. The lowest BCUT2D eigenvalue weighted by Crippen LogP contribution is -2.14. The highest BCUT2D eigenvalue weighted by Crippen LogP contribution is 2.55. The lowest BCUT2D eigenvalue weighted by molar-refractivity contribution is 0.660. The van der Waals surface area contributed by atoms with E-state index in [0.29, 0.717) is 0 Å². The first-order valence-corrected chi connectivity index (χ1v) is 9.44. The van der Waals surface area contributed by atoms with E-state index in [2.05, 4.69) is 84.4 Å². The minimum atomic E-state index is 0.0544. The summed E-state index contributed by atoms with van der Waals surface area (Å²) < 4.78 is 3.98. The minimum Gasteiger partial charge on any atom is -0.134 e. The van der Waals surface area contributed by atoms with Crippen LogP contribution in [0.3, 0.4) is 0 Å². The molecule has 0 spiro atoms. The lowest BCUT2D eigenvalue weighted by atomic mass is 9.82. The molecule has 112 valence electrons. The van der Waals surface area contributed by atoms with Gasteiger partial charge in [0.2, 0.25) is 0 Å². The van der Waals surface area contributed by atoms with Crippen molar-refractivity contribution in [1.29, 1.82) is 0 Å². The molecule has 0 atom stereocenters. The van der Waals surface area contributed by atoms with Crippen molar-refractivity contribution < 1.29 is 0 Å². The Morgan fingerprint density at radius 1 is 0.913 bits per heavy atom. The highest BCUT2D eigenvalue weighted by Gasteiger charge is 2.37. The number of hydrogen-bond acceptors (Lipinski definition) is 1. The molecule has 1 aliphatic rings. The summed E-state index contributed by atoms with van der Waals surface area (Å²) in [5.41, 5.74) is 5.76. The highest BCUT2D eigenvalue weighted by molar-refractivity contribution is 9.10. The fourth-order valence-electron chi connectivity index (χ4n) is 4.00. The van der Waals surface area contributed by atoms with Crippen molar-refractivity contribution in [3.05, 3.63) is 70.2 Å². The number of thiophene rings is 1. The fourth-order valence-corrected chi connectivity index (χ4v) is 6.07. The van der Waals surface area contributed by atoms with Crippen LogP contribution < -0.4 is 0 Å². The van der Waals surface area contributed by atoms with Gasteiger partial charge >= 0.3 is 0 Å². The molecule has 0 fully saturated rings. The molecule has 0 aliphatic heterocycles. The van der Waals surface area contributed by atoms with Crippen LogP contribution in [-0.4, -0.2) is 0 Å². The Bertz CT molecular complexity index is 1100. The Labute approximate surface area is 147 Å². The second-order valence-corrected chi connectivity index (χ2v) is 8.66. The van der Waals surface area contributed by atoms with E-state index in [1.54, 1.807) is 0 Å². The van der Waals surface area contributed by atoms with Crippen molar-refractivity contribution >= 4 is 47.4 Å². The van der Waals surface area contributed by atoms with Gasteiger partial charge in [-0.25, -0.2) is 0 Å². The van der Waals surface area contributed by atoms with Gasteiger partial charge in [0.05, 0.1) is 0 Å².